The van der Waals surface area contributed by atoms with Crippen molar-refractivity contribution in [3.8, 4) is 11.5 Å². The van der Waals surface area contributed by atoms with E-state index in [-0.39, 0.29) is 11.7 Å². The van der Waals surface area contributed by atoms with E-state index in [0.717, 1.165) is 23.3 Å². The van der Waals surface area contributed by atoms with Gasteiger partial charge in [-0.05, 0) is 74.5 Å². The lowest BCUT2D eigenvalue weighted by atomic mass is 10.1. The molecule has 4 nitrogen and oxygen atoms in total. The van der Waals surface area contributed by atoms with Gasteiger partial charge in [0.1, 0.15) is 11.5 Å². The Morgan fingerprint density at radius 2 is 1.88 bits per heavy atom. The van der Waals surface area contributed by atoms with E-state index < -0.39 is 0 Å². The Morgan fingerprint density at radius 3 is 2.65 bits per heavy atom. The van der Waals surface area contributed by atoms with Crippen molar-refractivity contribution in [2.24, 2.45) is 0 Å². The minimum Gasteiger partial charge on any atom is -0.494 e. The Balaban J connectivity index is 1.65. The summed E-state index contributed by atoms with van der Waals surface area (Å²) in [4.78, 5) is 12.7. The van der Waals surface area contributed by atoms with Crippen molar-refractivity contribution in [3.63, 3.8) is 0 Å². The summed E-state index contributed by atoms with van der Waals surface area (Å²) in [6.07, 6.45) is 2.73. The van der Waals surface area contributed by atoms with Crippen LogP contribution in [0.3, 0.4) is 0 Å². The Morgan fingerprint density at radius 1 is 1.04 bits per heavy atom. The second-order valence-corrected chi connectivity index (χ2v) is 6.75. The largest absolute Gasteiger partial charge is 0.494 e. The third-order valence-electron chi connectivity index (χ3n) is 4.12. The van der Waals surface area contributed by atoms with Gasteiger partial charge in [0.25, 0.3) is 5.56 Å². The van der Waals surface area contributed by atoms with E-state index >= 15 is 0 Å². The number of ether oxygens (including phenoxy) is 2. The lowest BCUT2D eigenvalue weighted by Gasteiger charge is -2.12. The second-order valence-electron chi connectivity index (χ2n) is 6.75. The van der Waals surface area contributed by atoms with Crippen molar-refractivity contribution in [1.82, 2.24) is 4.57 Å². The van der Waals surface area contributed by atoms with Gasteiger partial charge in [0.15, 0.2) is 0 Å². The zero-order valence-corrected chi connectivity index (χ0v) is 15.6. The summed E-state index contributed by atoms with van der Waals surface area (Å²) in [5, 5.41) is 1.61. The zero-order valence-electron chi connectivity index (χ0n) is 15.6. The zero-order chi connectivity index (χ0) is 18.5. The second kappa shape index (κ2) is 8.09. The average molecular weight is 351 g/mol. The topological polar surface area (TPSA) is 40.5 Å². The molecule has 0 atom stereocenters. The molecule has 4 heteroatoms. The number of hydrogen-bond acceptors (Lipinski definition) is 3. The lowest BCUT2D eigenvalue weighted by molar-refractivity contribution is 0.243. The maximum atomic E-state index is 12.7. The van der Waals surface area contributed by atoms with E-state index in [1.807, 2.05) is 75.5 Å². The first-order chi connectivity index (χ1) is 12.5. The molecule has 0 bridgehead atoms. The molecule has 1 heterocycles. The quantitative estimate of drug-likeness (QED) is 0.586. The molecule has 0 radical (unpaired) electrons. The number of rotatable bonds is 7. The molecule has 3 rings (SSSR count). The first-order valence-electron chi connectivity index (χ1n) is 9.02. The molecule has 0 unspecified atom stereocenters. The number of fused-ring (bicyclic) bond motifs is 1. The van der Waals surface area contributed by atoms with Crippen LogP contribution in [-0.2, 0) is 6.54 Å². The molecule has 1 aromatic heterocycles. The highest BCUT2D eigenvalue weighted by Crippen LogP contribution is 2.19. The standard InChI is InChI=1S/C22H25NO3/c1-16(2)26-20-8-9-21-18(15-20)10-12-23(22(21)24)11-5-13-25-19-7-4-6-17(3)14-19/h4,6-10,12,14-16H,5,11,13H2,1-3H3. The van der Waals surface area contributed by atoms with Crippen molar-refractivity contribution < 1.29 is 9.47 Å². The smallest absolute Gasteiger partial charge is 0.258 e. The number of aryl methyl sites for hydroxylation is 2. The van der Waals surface area contributed by atoms with Crippen LogP contribution in [-0.4, -0.2) is 17.3 Å². The predicted molar refractivity (Wildman–Crippen MR) is 105 cm³/mol. The molecule has 0 aliphatic heterocycles. The summed E-state index contributed by atoms with van der Waals surface area (Å²) in [5.41, 5.74) is 1.20. The molecule has 0 saturated heterocycles. The Labute approximate surface area is 154 Å². The van der Waals surface area contributed by atoms with E-state index in [4.69, 9.17) is 9.47 Å². The molecule has 0 amide bonds. The number of aromatic nitrogens is 1. The molecular weight excluding hydrogens is 326 g/mol. The van der Waals surface area contributed by atoms with Crippen LogP contribution >= 0.6 is 0 Å². The molecule has 0 aliphatic carbocycles. The summed E-state index contributed by atoms with van der Waals surface area (Å²) >= 11 is 0. The number of nitrogens with zero attached hydrogens (tertiary/aromatic N) is 1. The van der Waals surface area contributed by atoms with E-state index in [0.29, 0.717) is 18.5 Å². The predicted octanol–water partition coefficient (Wildman–Crippen LogP) is 4.57. The molecule has 0 spiro atoms. The van der Waals surface area contributed by atoms with Crippen molar-refractivity contribution in [2.75, 3.05) is 6.61 Å². The fraction of sp³-hybridized carbons (Fsp3) is 0.318. The minimum atomic E-state index is 0.0224. The van der Waals surface area contributed by atoms with E-state index in [1.165, 1.54) is 5.56 Å². The Bertz CT molecular complexity index is 944. The van der Waals surface area contributed by atoms with Crippen LogP contribution in [0.4, 0.5) is 0 Å². The van der Waals surface area contributed by atoms with Crippen LogP contribution in [0, 0.1) is 6.92 Å². The molecule has 2 aromatic carbocycles. The number of pyridine rings is 1. The third kappa shape index (κ3) is 4.45. The van der Waals surface area contributed by atoms with E-state index in [9.17, 15) is 4.79 Å². The molecule has 0 saturated carbocycles. The van der Waals surface area contributed by atoms with Crippen molar-refractivity contribution in [3.05, 3.63) is 70.6 Å². The highest BCUT2D eigenvalue weighted by Gasteiger charge is 2.05. The lowest BCUT2D eigenvalue weighted by Crippen LogP contribution is -2.20. The Hall–Kier alpha value is -2.75. The fourth-order valence-electron chi connectivity index (χ4n) is 2.92. The maximum absolute atomic E-state index is 12.7. The highest BCUT2D eigenvalue weighted by atomic mass is 16.5. The van der Waals surface area contributed by atoms with Gasteiger partial charge in [-0.15, -0.1) is 0 Å². The average Bonchev–Trinajstić information content (AvgIpc) is 2.60. The molecule has 0 fully saturated rings. The van der Waals surface area contributed by atoms with Gasteiger partial charge in [0.2, 0.25) is 0 Å². The van der Waals surface area contributed by atoms with Crippen LogP contribution in [0.2, 0.25) is 0 Å². The van der Waals surface area contributed by atoms with Crippen molar-refractivity contribution in [2.45, 2.75) is 39.8 Å². The van der Waals surface area contributed by atoms with Crippen molar-refractivity contribution >= 4 is 10.8 Å². The SMILES string of the molecule is Cc1cccc(OCCCn2ccc3cc(OC(C)C)ccc3c2=O)c1. The van der Waals surface area contributed by atoms with Gasteiger partial charge in [-0.3, -0.25) is 4.79 Å². The van der Waals surface area contributed by atoms with Gasteiger partial charge < -0.3 is 14.0 Å². The summed E-state index contributed by atoms with van der Waals surface area (Å²) in [6.45, 7) is 7.22. The normalized spacial score (nSPS) is 11.1. The van der Waals surface area contributed by atoms with Crippen LogP contribution < -0.4 is 15.0 Å². The Kier molecular flexibility index (Phi) is 5.61. The number of hydrogen-bond donors (Lipinski definition) is 0. The van der Waals surface area contributed by atoms with Gasteiger partial charge in [0, 0.05) is 18.1 Å². The maximum Gasteiger partial charge on any atom is 0.258 e. The van der Waals surface area contributed by atoms with Crippen molar-refractivity contribution in [1.29, 1.82) is 0 Å². The first-order valence-corrected chi connectivity index (χ1v) is 9.02. The van der Waals surface area contributed by atoms with E-state index in [2.05, 4.69) is 0 Å². The highest BCUT2D eigenvalue weighted by molar-refractivity contribution is 5.82. The van der Waals surface area contributed by atoms with Crippen LogP contribution in [0.1, 0.15) is 25.8 Å². The fourth-order valence-corrected chi connectivity index (χ4v) is 2.92. The monoisotopic (exact) mass is 351 g/mol. The third-order valence-corrected chi connectivity index (χ3v) is 4.12. The summed E-state index contributed by atoms with van der Waals surface area (Å²) in [7, 11) is 0. The summed E-state index contributed by atoms with van der Waals surface area (Å²) < 4.78 is 13.2. The van der Waals surface area contributed by atoms with Gasteiger partial charge in [-0.1, -0.05) is 12.1 Å². The summed E-state index contributed by atoms with van der Waals surface area (Å²) in [6, 6.07) is 15.6. The molecule has 0 N–H and O–H groups in total. The molecule has 136 valence electrons. The summed E-state index contributed by atoms with van der Waals surface area (Å²) in [5.74, 6) is 1.66. The molecule has 0 aliphatic rings. The van der Waals surface area contributed by atoms with Gasteiger partial charge in [-0.25, -0.2) is 0 Å². The van der Waals surface area contributed by atoms with Crippen LogP contribution in [0.5, 0.6) is 11.5 Å². The minimum absolute atomic E-state index is 0.0224. The van der Waals surface area contributed by atoms with Gasteiger partial charge in [0.05, 0.1) is 12.7 Å². The molecular formula is C22H25NO3. The van der Waals surface area contributed by atoms with Crippen LogP contribution in [0.25, 0.3) is 10.8 Å². The number of benzene rings is 2. The van der Waals surface area contributed by atoms with Gasteiger partial charge in [-0.2, -0.15) is 0 Å². The van der Waals surface area contributed by atoms with E-state index in [1.54, 1.807) is 4.57 Å². The first kappa shape index (κ1) is 18.1. The molecule has 26 heavy (non-hydrogen) atoms. The van der Waals surface area contributed by atoms with Gasteiger partial charge >= 0.3 is 0 Å². The van der Waals surface area contributed by atoms with Crippen LogP contribution in [0.15, 0.2) is 59.5 Å². The molecule has 3 aromatic rings.